The largest absolute Gasteiger partial charge is 0.421 e. The first-order valence-electron chi connectivity index (χ1n) is 9.41. The highest BCUT2D eigenvalue weighted by molar-refractivity contribution is 9.11. The molecule has 0 aromatic heterocycles. The molecule has 0 unspecified atom stereocenters. The first-order chi connectivity index (χ1) is 15.3. The first kappa shape index (κ1) is 23.6. The number of esters is 1. The lowest BCUT2D eigenvalue weighted by molar-refractivity contribution is -0.119. The standard InChI is InChI=1S/C23H18Br2FN3O3/c1-14-5-7-19(8-6-14)27-13-21(30)29-28-12-16-9-17(24)11-20(25)22(16)32-23(31)15-3-2-4-18(26)10-15/h2-12,27H,13H2,1H3,(H,29,30)/b28-12+. The van der Waals surface area contributed by atoms with Crippen molar-refractivity contribution in [2.45, 2.75) is 6.92 Å². The number of carbonyl (C=O) groups is 2. The van der Waals surface area contributed by atoms with Gasteiger partial charge in [-0.15, -0.1) is 0 Å². The lowest BCUT2D eigenvalue weighted by Crippen LogP contribution is -2.25. The molecular weight excluding hydrogens is 545 g/mol. The smallest absolute Gasteiger partial charge is 0.343 e. The number of ether oxygens (including phenoxy) is 1. The normalized spacial score (nSPS) is 10.8. The lowest BCUT2D eigenvalue weighted by atomic mass is 10.2. The van der Waals surface area contributed by atoms with Gasteiger partial charge in [0, 0.05) is 15.7 Å². The molecule has 0 spiro atoms. The summed E-state index contributed by atoms with van der Waals surface area (Å²) in [6.07, 6.45) is 1.35. The van der Waals surface area contributed by atoms with Crippen molar-refractivity contribution in [2.75, 3.05) is 11.9 Å². The summed E-state index contributed by atoms with van der Waals surface area (Å²) < 4.78 is 20.0. The van der Waals surface area contributed by atoms with E-state index in [-0.39, 0.29) is 23.8 Å². The molecule has 0 bridgehead atoms. The summed E-state index contributed by atoms with van der Waals surface area (Å²) in [6, 6.07) is 16.2. The zero-order valence-electron chi connectivity index (χ0n) is 16.9. The van der Waals surface area contributed by atoms with E-state index in [1.54, 1.807) is 12.1 Å². The Bertz CT molecular complexity index is 1170. The van der Waals surface area contributed by atoms with E-state index in [9.17, 15) is 14.0 Å². The fourth-order valence-corrected chi connectivity index (χ4v) is 3.96. The van der Waals surface area contributed by atoms with Crippen molar-refractivity contribution in [3.63, 3.8) is 0 Å². The zero-order chi connectivity index (χ0) is 23.1. The Kier molecular flexibility index (Phi) is 8.13. The fourth-order valence-electron chi connectivity index (χ4n) is 2.62. The van der Waals surface area contributed by atoms with Gasteiger partial charge in [-0.1, -0.05) is 39.7 Å². The summed E-state index contributed by atoms with van der Waals surface area (Å²) in [5.41, 5.74) is 4.85. The average molecular weight is 563 g/mol. The van der Waals surface area contributed by atoms with Crippen LogP contribution in [0.4, 0.5) is 10.1 Å². The van der Waals surface area contributed by atoms with Gasteiger partial charge in [0.15, 0.2) is 5.75 Å². The van der Waals surface area contributed by atoms with Crippen LogP contribution in [0.5, 0.6) is 5.75 Å². The molecule has 3 rings (SSSR count). The number of halogens is 3. The molecule has 0 saturated heterocycles. The number of hydrogen-bond acceptors (Lipinski definition) is 5. The Balaban J connectivity index is 1.67. The molecule has 6 nitrogen and oxygen atoms in total. The van der Waals surface area contributed by atoms with Crippen molar-refractivity contribution in [1.29, 1.82) is 0 Å². The van der Waals surface area contributed by atoms with Crippen LogP contribution in [0.3, 0.4) is 0 Å². The van der Waals surface area contributed by atoms with Gasteiger partial charge in [-0.05, 0) is 65.3 Å². The van der Waals surface area contributed by atoms with Crippen molar-refractivity contribution in [3.8, 4) is 5.75 Å². The second-order valence-corrected chi connectivity index (χ2v) is 8.49. The van der Waals surface area contributed by atoms with E-state index in [0.717, 1.165) is 17.3 Å². The molecule has 1 amide bonds. The maximum atomic E-state index is 13.4. The molecule has 3 aromatic carbocycles. The molecule has 0 aliphatic rings. The number of aryl methyl sites for hydroxylation is 1. The molecule has 32 heavy (non-hydrogen) atoms. The highest BCUT2D eigenvalue weighted by atomic mass is 79.9. The molecule has 9 heteroatoms. The van der Waals surface area contributed by atoms with Gasteiger partial charge in [-0.3, -0.25) is 4.79 Å². The van der Waals surface area contributed by atoms with Crippen molar-refractivity contribution in [1.82, 2.24) is 5.43 Å². The number of nitrogens with zero attached hydrogens (tertiary/aromatic N) is 1. The molecular formula is C23H18Br2FN3O3. The summed E-state index contributed by atoms with van der Waals surface area (Å²) in [5, 5.41) is 6.95. The maximum absolute atomic E-state index is 13.4. The molecule has 0 atom stereocenters. The van der Waals surface area contributed by atoms with Crippen LogP contribution in [-0.4, -0.2) is 24.6 Å². The molecule has 0 aliphatic heterocycles. The highest BCUT2D eigenvalue weighted by Crippen LogP contribution is 2.32. The van der Waals surface area contributed by atoms with Crippen LogP contribution in [0.15, 0.2) is 74.7 Å². The van der Waals surface area contributed by atoms with Gasteiger partial charge in [0.2, 0.25) is 0 Å². The van der Waals surface area contributed by atoms with Crippen molar-refractivity contribution < 1.29 is 18.7 Å². The van der Waals surface area contributed by atoms with E-state index in [2.05, 4.69) is 47.7 Å². The average Bonchev–Trinajstić information content (AvgIpc) is 2.75. The third-order valence-electron chi connectivity index (χ3n) is 4.19. The summed E-state index contributed by atoms with van der Waals surface area (Å²) in [6.45, 7) is 2.01. The Labute approximate surface area is 201 Å². The van der Waals surface area contributed by atoms with E-state index < -0.39 is 11.8 Å². The van der Waals surface area contributed by atoms with Crippen molar-refractivity contribution in [2.24, 2.45) is 5.10 Å². The molecule has 0 saturated carbocycles. The number of hydrogen-bond donors (Lipinski definition) is 2. The first-order valence-corrected chi connectivity index (χ1v) is 11.0. The summed E-state index contributed by atoms with van der Waals surface area (Å²) in [4.78, 5) is 24.5. The molecule has 2 N–H and O–H groups in total. The number of carbonyl (C=O) groups excluding carboxylic acids is 2. The highest BCUT2D eigenvalue weighted by Gasteiger charge is 2.16. The van der Waals surface area contributed by atoms with Crippen LogP contribution in [0.2, 0.25) is 0 Å². The van der Waals surface area contributed by atoms with Crippen LogP contribution in [0, 0.1) is 12.7 Å². The summed E-state index contributed by atoms with van der Waals surface area (Å²) in [7, 11) is 0. The van der Waals surface area contributed by atoms with Crippen molar-refractivity contribution >= 4 is 55.6 Å². The van der Waals surface area contributed by atoms with Gasteiger partial charge in [0.1, 0.15) is 5.82 Å². The molecule has 3 aromatic rings. The molecule has 0 aliphatic carbocycles. The Morgan fingerprint density at radius 2 is 1.84 bits per heavy atom. The maximum Gasteiger partial charge on any atom is 0.343 e. The second-order valence-electron chi connectivity index (χ2n) is 6.72. The van der Waals surface area contributed by atoms with E-state index >= 15 is 0 Å². The molecule has 0 heterocycles. The minimum absolute atomic E-state index is 0.0317. The summed E-state index contributed by atoms with van der Waals surface area (Å²) >= 11 is 6.72. The Morgan fingerprint density at radius 1 is 1.09 bits per heavy atom. The number of anilines is 1. The number of nitrogens with one attached hydrogen (secondary N) is 2. The second kappa shape index (κ2) is 11.0. The monoisotopic (exact) mass is 561 g/mol. The van der Waals surface area contributed by atoms with E-state index in [0.29, 0.717) is 14.5 Å². The van der Waals surface area contributed by atoms with Crippen LogP contribution in [-0.2, 0) is 4.79 Å². The predicted octanol–water partition coefficient (Wildman–Crippen LogP) is 5.44. The van der Waals surface area contributed by atoms with Gasteiger partial charge in [-0.25, -0.2) is 14.6 Å². The minimum atomic E-state index is -0.728. The third-order valence-corrected chi connectivity index (χ3v) is 5.24. The number of amides is 1. The van der Waals surface area contributed by atoms with Crippen LogP contribution >= 0.6 is 31.9 Å². The lowest BCUT2D eigenvalue weighted by Gasteiger charge is -2.11. The third kappa shape index (κ3) is 6.73. The van der Waals surface area contributed by atoms with Crippen molar-refractivity contribution in [3.05, 3.63) is 92.1 Å². The predicted molar refractivity (Wildman–Crippen MR) is 129 cm³/mol. The molecule has 164 valence electrons. The quantitative estimate of drug-likeness (QED) is 0.174. The van der Waals surface area contributed by atoms with Gasteiger partial charge in [-0.2, -0.15) is 5.10 Å². The van der Waals surface area contributed by atoms with E-state index in [1.807, 2.05) is 31.2 Å². The van der Waals surface area contributed by atoms with Gasteiger partial charge in [0.25, 0.3) is 5.91 Å². The zero-order valence-corrected chi connectivity index (χ0v) is 20.0. The van der Waals surface area contributed by atoms with Crippen LogP contribution in [0.25, 0.3) is 0 Å². The topological polar surface area (TPSA) is 79.8 Å². The van der Waals surface area contributed by atoms with Crippen LogP contribution in [0.1, 0.15) is 21.5 Å². The number of benzene rings is 3. The SMILES string of the molecule is Cc1ccc(NCC(=O)N/N=C/c2cc(Br)cc(Br)c2OC(=O)c2cccc(F)c2)cc1. The van der Waals surface area contributed by atoms with Gasteiger partial charge < -0.3 is 10.1 Å². The van der Waals surface area contributed by atoms with Gasteiger partial charge in [0.05, 0.1) is 22.8 Å². The van der Waals surface area contributed by atoms with E-state index in [4.69, 9.17) is 4.74 Å². The van der Waals surface area contributed by atoms with Crippen LogP contribution < -0.4 is 15.5 Å². The number of rotatable bonds is 7. The Hall–Kier alpha value is -3.04. The van der Waals surface area contributed by atoms with Gasteiger partial charge >= 0.3 is 5.97 Å². The van der Waals surface area contributed by atoms with E-state index in [1.165, 1.54) is 24.4 Å². The molecule has 0 radical (unpaired) electrons. The Morgan fingerprint density at radius 3 is 2.56 bits per heavy atom. The minimum Gasteiger partial charge on any atom is -0.421 e. The summed E-state index contributed by atoms with van der Waals surface area (Å²) in [5.74, 6) is -1.45. The fraction of sp³-hybridized carbons (Fsp3) is 0.0870. The molecule has 0 fully saturated rings. The number of hydrazone groups is 1.